The van der Waals surface area contributed by atoms with Crippen LogP contribution in [0.3, 0.4) is 0 Å². The Labute approximate surface area is 429 Å². The fourth-order valence-electron chi connectivity index (χ4n) is 6.23. The minimum Gasteiger partial charge on any atom is -0.609 e. The van der Waals surface area contributed by atoms with E-state index in [4.69, 9.17) is 47.4 Å². The summed E-state index contributed by atoms with van der Waals surface area (Å²) in [6.45, 7) is 32.1. The van der Waals surface area contributed by atoms with Crippen molar-refractivity contribution >= 4 is 53.0 Å². The number of carbonyl (C=O) groups excluding carboxylic acids is 7. The van der Waals surface area contributed by atoms with Gasteiger partial charge in [-0.05, 0) is 158 Å². The monoisotopic (exact) mass is 1040 g/mol. The SMILES string of the molecule is CC(C)(C)C(=O)OC[C@H]1O[C@@H](O[C@H]2[C@H](OC(=O)C(C)(C)C)[C@@H](OC(=O)C(C)(C)C)[C@H]([S+]([O-])c3ccccc3)O[C@@H]2COC(=O)C(C)(C)C)[C@H](OC(=O)C(C)(C)C)[C@@H](OC(=O)C(C)(C)C)[C@H]1OC(=O)C(C)(C)C. The van der Waals surface area contributed by atoms with Crippen molar-refractivity contribution in [1.29, 1.82) is 0 Å². The lowest BCUT2D eigenvalue weighted by molar-refractivity contribution is -0.344. The van der Waals surface area contributed by atoms with E-state index in [0.717, 1.165) is 0 Å². The molecule has 2 heterocycles. The van der Waals surface area contributed by atoms with Crippen LogP contribution >= 0.6 is 0 Å². The van der Waals surface area contributed by atoms with Crippen molar-refractivity contribution in [3.63, 3.8) is 0 Å². The molecule has 0 aliphatic carbocycles. The fourth-order valence-corrected chi connectivity index (χ4v) is 7.62. The van der Waals surface area contributed by atoms with Gasteiger partial charge in [-0.15, -0.1) is 0 Å². The molecule has 0 aromatic heterocycles. The van der Waals surface area contributed by atoms with Gasteiger partial charge in [-0.25, -0.2) is 0 Å². The number of esters is 7. The van der Waals surface area contributed by atoms with Gasteiger partial charge in [-0.2, -0.15) is 0 Å². The summed E-state index contributed by atoms with van der Waals surface area (Å²) in [6.07, 6.45) is -15.6. The summed E-state index contributed by atoms with van der Waals surface area (Å²) in [7, 11) is 0. The largest absolute Gasteiger partial charge is 0.609 e. The summed E-state index contributed by atoms with van der Waals surface area (Å²) >= 11 is -2.20. The molecule has 408 valence electrons. The molecule has 3 rings (SSSR count). The molecule has 0 spiro atoms. The Hall–Kier alpha value is -4.30. The molecular weight excluding hydrogens is 957 g/mol. The van der Waals surface area contributed by atoms with E-state index in [2.05, 4.69) is 0 Å². The van der Waals surface area contributed by atoms with Crippen molar-refractivity contribution in [3.8, 4) is 0 Å². The normalized spacial score (nSPS) is 26.0. The van der Waals surface area contributed by atoms with Gasteiger partial charge in [0.05, 0.1) is 37.9 Å². The molecule has 1 unspecified atom stereocenters. The van der Waals surface area contributed by atoms with Gasteiger partial charge >= 0.3 is 41.8 Å². The zero-order valence-electron chi connectivity index (χ0n) is 46.3. The van der Waals surface area contributed by atoms with Gasteiger partial charge in [0, 0.05) is 11.2 Å². The molecule has 2 aliphatic heterocycles. The van der Waals surface area contributed by atoms with Crippen LogP contribution in [0.2, 0.25) is 0 Å². The highest BCUT2D eigenvalue weighted by Gasteiger charge is 2.61. The number of benzene rings is 1. The Morgan fingerprint density at radius 3 is 1.08 bits per heavy atom. The highest BCUT2D eigenvalue weighted by molar-refractivity contribution is 7.92. The Morgan fingerprint density at radius 1 is 0.417 bits per heavy atom. The Morgan fingerprint density at radius 2 is 0.722 bits per heavy atom. The molecule has 2 saturated heterocycles. The maximum absolute atomic E-state index is 14.8. The van der Waals surface area contributed by atoms with E-state index in [-0.39, 0.29) is 4.90 Å². The highest BCUT2D eigenvalue weighted by atomic mass is 32.2. The summed E-state index contributed by atoms with van der Waals surface area (Å²) in [5.74, 6) is -5.53. The van der Waals surface area contributed by atoms with Crippen molar-refractivity contribution in [1.82, 2.24) is 0 Å². The fraction of sp³-hybridized carbons (Fsp3) is 0.755. The van der Waals surface area contributed by atoms with Gasteiger partial charge in [-0.3, -0.25) is 33.6 Å². The van der Waals surface area contributed by atoms with Crippen LogP contribution in [-0.2, 0) is 92.1 Å². The minimum atomic E-state index is -2.20. The Balaban J connectivity index is 2.53. The van der Waals surface area contributed by atoms with E-state index in [1.54, 1.807) is 176 Å². The third kappa shape index (κ3) is 16.9. The lowest BCUT2D eigenvalue weighted by Crippen LogP contribution is -2.68. The third-order valence-corrected chi connectivity index (χ3v) is 12.5. The maximum Gasteiger partial charge on any atom is 0.311 e. The van der Waals surface area contributed by atoms with E-state index >= 15 is 0 Å². The second-order valence-corrected chi connectivity index (χ2v) is 27.1. The molecule has 0 amide bonds. The molecule has 0 bridgehead atoms. The number of hydrogen-bond donors (Lipinski definition) is 0. The van der Waals surface area contributed by atoms with Crippen LogP contribution in [0.1, 0.15) is 145 Å². The van der Waals surface area contributed by atoms with Crippen LogP contribution in [0.4, 0.5) is 0 Å². The first kappa shape index (κ1) is 62.0. The lowest BCUT2D eigenvalue weighted by Gasteiger charge is -2.49. The quantitative estimate of drug-likeness (QED) is 0.105. The molecule has 1 aromatic carbocycles. The second-order valence-electron chi connectivity index (χ2n) is 25.6. The first-order chi connectivity index (χ1) is 32.5. The van der Waals surface area contributed by atoms with E-state index in [0.29, 0.717) is 0 Å². The molecule has 0 N–H and O–H groups in total. The second kappa shape index (κ2) is 23.1. The van der Waals surface area contributed by atoms with E-state index in [1.165, 1.54) is 0 Å². The number of hydrogen-bond acceptors (Lipinski definition) is 18. The molecule has 19 heteroatoms. The summed E-state index contributed by atoms with van der Waals surface area (Å²) in [6, 6.07) is 8.11. The lowest BCUT2D eigenvalue weighted by atomic mass is 9.92. The van der Waals surface area contributed by atoms with Crippen LogP contribution in [0, 0.1) is 37.9 Å². The Kier molecular flexibility index (Phi) is 19.9. The minimum absolute atomic E-state index is 0.238. The van der Waals surface area contributed by atoms with Gasteiger partial charge in [0.25, 0.3) is 5.44 Å². The van der Waals surface area contributed by atoms with Crippen LogP contribution < -0.4 is 0 Å². The van der Waals surface area contributed by atoms with Crippen molar-refractivity contribution < 1.29 is 85.5 Å². The molecule has 2 fully saturated rings. The predicted octanol–water partition coefficient (Wildman–Crippen LogP) is 7.60. The molecular formula is C53H82O18S. The summed E-state index contributed by atoms with van der Waals surface area (Å²) < 4.78 is 77.8. The van der Waals surface area contributed by atoms with E-state index < -0.39 is 165 Å². The summed E-state index contributed by atoms with van der Waals surface area (Å²) in [4.78, 5) is 97.7. The summed E-state index contributed by atoms with van der Waals surface area (Å²) in [5, 5.41) is 0. The van der Waals surface area contributed by atoms with E-state index in [9.17, 15) is 38.1 Å². The molecule has 0 radical (unpaired) electrons. The molecule has 1 aromatic rings. The van der Waals surface area contributed by atoms with Crippen LogP contribution in [0.25, 0.3) is 0 Å². The average molecular weight is 1040 g/mol. The maximum atomic E-state index is 14.8. The third-order valence-electron chi connectivity index (χ3n) is 10.9. The van der Waals surface area contributed by atoms with Gasteiger partial charge in [0.2, 0.25) is 6.10 Å². The number of carbonyl (C=O) groups is 7. The molecule has 2 aliphatic rings. The van der Waals surface area contributed by atoms with Crippen molar-refractivity contribution in [2.75, 3.05) is 13.2 Å². The molecule has 18 nitrogen and oxygen atoms in total. The zero-order valence-corrected chi connectivity index (χ0v) is 47.1. The number of rotatable bonds is 13. The first-order valence-electron chi connectivity index (χ1n) is 24.3. The topological polar surface area (TPSA) is 235 Å². The van der Waals surface area contributed by atoms with Gasteiger partial charge in [0.1, 0.15) is 31.5 Å². The molecule has 11 atom stereocenters. The first-order valence-corrected chi connectivity index (χ1v) is 25.5. The van der Waals surface area contributed by atoms with Crippen LogP contribution in [-0.4, -0.2) is 120 Å². The van der Waals surface area contributed by atoms with Gasteiger partial charge < -0.3 is 51.9 Å². The van der Waals surface area contributed by atoms with Gasteiger partial charge in [-0.1, -0.05) is 18.2 Å². The van der Waals surface area contributed by atoms with E-state index in [1.807, 2.05) is 0 Å². The van der Waals surface area contributed by atoms with Crippen LogP contribution in [0.15, 0.2) is 35.2 Å². The highest BCUT2D eigenvalue weighted by Crippen LogP contribution is 2.41. The zero-order chi connectivity index (χ0) is 55.5. The molecule has 72 heavy (non-hydrogen) atoms. The summed E-state index contributed by atoms with van der Waals surface area (Å²) in [5.41, 5.74) is -9.73. The molecule has 0 saturated carbocycles. The van der Waals surface area contributed by atoms with Crippen LogP contribution in [0.5, 0.6) is 0 Å². The smallest absolute Gasteiger partial charge is 0.311 e. The van der Waals surface area contributed by atoms with Crippen molar-refractivity contribution in [2.24, 2.45) is 37.9 Å². The standard InChI is InChI=1S/C53H82O18S/c1-47(2,3)40(54)62-27-30-33(67-42(56)49(7,8)9)34(68-43(57)50(10,11)12)36(70-45(59)52(16,17)18)38(64-30)66-32-31(28-63-41(55)48(4,5)6)65-39(72(61)29-25-23-22-24-26-29)37(71-46(60)53(19,20)21)35(32)69-44(58)51(13,14)15/h22-26,30-39H,27-28H2,1-21H3/t30-,31-,32-,33+,34+,35+,36-,37-,38+,39+,72?/m1/s1. The predicted molar refractivity (Wildman–Crippen MR) is 263 cm³/mol. The van der Waals surface area contributed by atoms with Crippen molar-refractivity contribution in [3.05, 3.63) is 30.3 Å². The number of ether oxygens (including phenoxy) is 10. The van der Waals surface area contributed by atoms with Crippen molar-refractivity contribution in [2.45, 2.75) is 211 Å². The van der Waals surface area contributed by atoms with Gasteiger partial charge in [0.15, 0.2) is 35.6 Å². The Bertz CT molecular complexity index is 2070. The average Bonchev–Trinajstić information content (AvgIpc) is 3.22.